The first-order valence-corrected chi connectivity index (χ1v) is 9.54. The molecule has 5 heteroatoms. The summed E-state index contributed by atoms with van der Waals surface area (Å²) in [4.78, 5) is 26.0. The fraction of sp³-hybridized carbons (Fsp3) is 0.300. The third-order valence-corrected chi connectivity index (χ3v) is 5.41. The summed E-state index contributed by atoms with van der Waals surface area (Å²) in [6, 6.07) is 15.7. The predicted molar refractivity (Wildman–Crippen MR) is 104 cm³/mol. The highest BCUT2D eigenvalue weighted by atomic mass is 32.2. The van der Waals surface area contributed by atoms with Crippen molar-refractivity contribution < 1.29 is 9.59 Å². The summed E-state index contributed by atoms with van der Waals surface area (Å²) in [7, 11) is 0. The molecule has 1 heterocycles. The van der Waals surface area contributed by atoms with E-state index in [1.54, 1.807) is 11.8 Å². The lowest BCUT2D eigenvalue weighted by molar-refractivity contribution is -0.116. The second-order valence-electron chi connectivity index (χ2n) is 6.13. The average Bonchev–Trinajstić information content (AvgIpc) is 2.98. The van der Waals surface area contributed by atoms with Gasteiger partial charge in [0.1, 0.15) is 5.37 Å². The number of aryl methyl sites for hydroxylation is 1. The number of hydrogen-bond donors (Lipinski definition) is 1. The van der Waals surface area contributed by atoms with Crippen LogP contribution in [0.5, 0.6) is 0 Å². The van der Waals surface area contributed by atoms with Gasteiger partial charge in [0.25, 0.3) is 0 Å². The maximum absolute atomic E-state index is 12.4. The van der Waals surface area contributed by atoms with Crippen LogP contribution >= 0.6 is 11.8 Å². The van der Waals surface area contributed by atoms with Crippen LogP contribution in [0.3, 0.4) is 0 Å². The summed E-state index contributed by atoms with van der Waals surface area (Å²) < 4.78 is 0. The van der Waals surface area contributed by atoms with Crippen molar-refractivity contribution in [3.63, 3.8) is 0 Å². The number of rotatable bonds is 5. The third kappa shape index (κ3) is 3.87. The number of benzene rings is 2. The molecule has 0 saturated carbocycles. The second kappa shape index (κ2) is 7.74. The summed E-state index contributed by atoms with van der Waals surface area (Å²) in [5.74, 6) is 0.639. The van der Waals surface area contributed by atoms with Gasteiger partial charge < -0.3 is 5.32 Å². The second-order valence-corrected chi connectivity index (χ2v) is 7.20. The van der Waals surface area contributed by atoms with Gasteiger partial charge in [0.2, 0.25) is 11.8 Å². The number of nitrogens with one attached hydrogen (secondary N) is 1. The smallest absolute Gasteiger partial charge is 0.238 e. The van der Waals surface area contributed by atoms with Crippen LogP contribution in [-0.4, -0.2) is 17.6 Å². The minimum Gasteiger partial charge on any atom is -0.326 e. The zero-order chi connectivity index (χ0) is 17.8. The first-order valence-electron chi connectivity index (χ1n) is 8.49. The first-order chi connectivity index (χ1) is 12.1. The van der Waals surface area contributed by atoms with Crippen LogP contribution in [0.25, 0.3) is 0 Å². The normalized spacial score (nSPS) is 17.0. The van der Waals surface area contributed by atoms with Crippen LogP contribution in [0.1, 0.15) is 36.3 Å². The van der Waals surface area contributed by atoms with E-state index < -0.39 is 0 Å². The lowest BCUT2D eigenvalue weighted by Crippen LogP contribution is -2.28. The van der Waals surface area contributed by atoms with Gasteiger partial charge in [-0.3, -0.25) is 14.5 Å². The first kappa shape index (κ1) is 17.5. The number of carbonyl (C=O) groups excluding carboxylic acids is 2. The SMILES string of the molecule is CCCC(=O)Nc1ccc(C2SCC(=O)N2c2ccccc2C)cc1. The number of carbonyl (C=O) groups is 2. The maximum atomic E-state index is 12.4. The molecule has 0 aliphatic carbocycles. The van der Waals surface area contributed by atoms with Crippen LogP contribution in [0.15, 0.2) is 48.5 Å². The van der Waals surface area contributed by atoms with Gasteiger partial charge in [-0.2, -0.15) is 0 Å². The Bertz CT molecular complexity index is 774. The Hall–Kier alpha value is -2.27. The van der Waals surface area contributed by atoms with E-state index in [1.165, 1.54) is 0 Å². The van der Waals surface area contributed by atoms with Crippen LogP contribution < -0.4 is 10.2 Å². The van der Waals surface area contributed by atoms with Crippen LogP contribution in [0.2, 0.25) is 0 Å². The minimum absolute atomic E-state index is 0.0298. The lowest BCUT2D eigenvalue weighted by Gasteiger charge is -2.26. The molecule has 0 radical (unpaired) electrons. The Morgan fingerprint density at radius 2 is 1.92 bits per heavy atom. The van der Waals surface area contributed by atoms with Gasteiger partial charge >= 0.3 is 0 Å². The molecule has 4 nitrogen and oxygen atoms in total. The van der Waals surface area contributed by atoms with Crippen molar-refractivity contribution in [2.24, 2.45) is 0 Å². The largest absolute Gasteiger partial charge is 0.326 e. The quantitative estimate of drug-likeness (QED) is 0.859. The Morgan fingerprint density at radius 3 is 2.60 bits per heavy atom. The van der Waals surface area contributed by atoms with Crippen molar-refractivity contribution in [2.75, 3.05) is 16.0 Å². The molecule has 1 aliphatic heterocycles. The minimum atomic E-state index is -0.0333. The molecule has 1 fully saturated rings. The molecule has 0 spiro atoms. The van der Waals surface area contributed by atoms with Crippen molar-refractivity contribution in [1.29, 1.82) is 0 Å². The summed E-state index contributed by atoms with van der Waals surface area (Å²) in [5, 5.41) is 2.86. The van der Waals surface area contributed by atoms with Gasteiger partial charge in [0.05, 0.1) is 5.75 Å². The topological polar surface area (TPSA) is 49.4 Å². The van der Waals surface area contributed by atoms with Gasteiger partial charge in [0, 0.05) is 17.8 Å². The van der Waals surface area contributed by atoms with Gasteiger partial charge in [-0.05, 0) is 42.7 Å². The molecule has 1 aliphatic rings. The molecule has 1 saturated heterocycles. The van der Waals surface area contributed by atoms with E-state index in [9.17, 15) is 9.59 Å². The highest BCUT2D eigenvalue weighted by molar-refractivity contribution is 8.00. The van der Waals surface area contributed by atoms with Crippen molar-refractivity contribution >= 4 is 35.0 Å². The number of thioether (sulfide) groups is 1. The lowest BCUT2D eigenvalue weighted by atomic mass is 10.1. The van der Waals surface area contributed by atoms with E-state index in [-0.39, 0.29) is 17.2 Å². The van der Waals surface area contributed by atoms with E-state index >= 15 is 0 Å². The van der Waals surface area contributed by atoms with Crippen LogP contribution in [-0.2, 0) is 9.59 Å². The summed E-state index contributed by atoms with van der Waals surface area (Å²) in [6.45, 7) is 4.01. The van der Waals surface area contributed by atoms with E-state index in [2.05, 4.69) is 5.32 Å². The summed E-state index contributed by atoms with van der Waals surface area (Å²) in [6.07, 6.45) is 1.35. The molecule has 25 heavy (non-hydrogen) atoms. The molecule has 1 N–H and O–H groups in total. The molecular formula is C20H22N2O2S. The highest BCUT2D eigenvalue weighted by Gasteiger charge is 2.34. The molecule has 2 aromatic rings. The van der Waals surface area contributed by atoms with E-state index in [0.717, 1.165) is 28.9 Å². The number of nitrogens with zero attached hydrogens (tertiary/aromatic N) is 1. The number of amides is 2. The third-order valence-electron chi connectivity index (χ3n) is 4.20. The van der Waals surface area contributed by atoms with Gasteiger partial charge in [-0.1, -0.05) is 37.3 Å². The van der Waals surface area contributed by atoms with E-state index in [4.69, 9.17) is 0 Å². The average molecular weight is 354 g/mol. The highest BCUT2D eigenvalue weighted by Crippen LogP contribution is 2.42. The molecule has 0 bridgehead atoms. The molecule has 3 rings (SSSR count). The molecule has 2 amide bonds. The Kier molecular flexibility index (Phi) is 5.43. The van der Waals surface area contributed by atoms with Crippen molar-refractivity contribution in [3.05, 3.63) is 59.7 Å². The standard InChI is InChI=1S/C20H22N2O2S/c1-3-6-18(23)21-16-11-9-15(10-12-16)20-22(19(24)13-25-20)17-8-5-4-7-14(17)2/h4-5,7-12,20H,3,6,13H2,1-2H3,(H,21,23). The number of para-hydroxylation sites is 1. The monoisotopic (exact) mass is 354 g/mol. The molecule has 1 unspecified atom stereocenters. The fourth-order valence-corrected chi connectivity index (χ4v) is 4.12. The van der Waals surface area contributed by atoms with Crippen molar-refractivity contribution in [1.82, 2.24) is 0 Å². The van der Waals surface area contributed by atoms with Crippen molar-refractivity contribution in [2.45, 2.75) is 32.1 Å². The molecule has 2 aromatic carbocycles. The van der Waals surface area contributed by atoms with Crippen LogP contribution in [0.4, 0.5) is 11.4 Å². The molecule has 1 atom stereocenters. The van der Waals surface area contributed by atoms with E-state index in [1.807, 2.05) is 67.3 Å². The molecule has 130 valence electrons. The number of hydrogen-bond acceptors (Lipinski definition) is 3. The Balaban J connectivity index is 1.82. The van der Waals surface area contributed by atoms with Crippen molar-refractivity contribution in [3.8, 4) is 0 Å². The Labute approximate surface area is 152 Å². The Morgan fingerprint density at radius 1 is 1.20 bits per heavy atom. The maximum Gasteiger partial charge on any atom is 0.238 e. The molecule has 0 aromatic heterocycles. The van der Waals surface area contributed by atoms with E-state index in [0.29, 0.717) is 12.2 Å². The van der Waals surface area contributed by atoms with Gasteiger partial charge in [0.15, 0.2) is 0 Å². The summed E-state index contributed by atoms with van der Waals surface area (Å²) >= 11 is 1.63. The zero-order valence-electron chi connectivity index (χ0n) is 14.5. The zero-order valence-corrected chi connectivity index (χ0v) is 15.3. The van der Waals surface area contributed by atoms with Gasteiger partial charge in [-0.25, -0.2) is 0 Å². The predicted octanol–water partition coefficient (Wildman–Crippen LogP) is 4.51. The fourth-order valence-electron chi connectivity index (χ4n) is 2.95. The van der Waals surface area contributed by atoms with Crippen LogP contribution in [0, 0.1) is 6.92 Å². The van der Waals surface area contributed by atoms with Gasteiger partial charge in [-0.15, -0.1) is 11.8 Å². The summed E-state index contributed by atoms with van der Waals surface area (Å²) in [5.41, 5.74) is 3.90. The number of anilines is 2. The molecular weight excluding hydrogens is 332 g/mol.